The average Bonchev–Trinajstić information content (AvgIpc) is 2.02. The summed E-state index contributed by atoms with van der Waals surface area (Å²) in [5, 5.41) is 0.488. The predicted molar refractivity (Wildman–Crippen MR) is 49.7 cm³/mol. The molecule has 0 fully saturated rings. The fourth-order valence-electron chi connectivity index (χ4n) is 0.532. The number of aryl methyl sites for hydroxylation is 1. The van der Waals surface area contributed by atoms with Crippen LogP contribution in [0.5, 0.6) is 0 Å². The van der Waals surface area contributed by atoms with Crippen molar-refractivity contribution < 1.29 is 0 Å². The summed E-state index contributed by atoms with van der Waals surface area (Å²) in [6, 6.07) is 1.73. The van der Waals surface area contributed by atoms with Gasteiger partial charge in [0, 0.05) is 0 Å². The van der Waals surface area contributed by atoms with E-state index >= 15 is 0 Å². The summed E-state index contributed by atoms with van der Waals surface area (Å²) in [4.78, 5) is 3.78. The van der Waals surface area contributed by atoms with Crippen molar-refractivity contribution in [2.24, 2.45) is 0 Å². The van der Waals surface area contributed by atoms with Crippen molar-refractivity contribution in [1.82, 2.24) is 4.98 Å². The molecule has 1 aromatic heterocycles. The van der Waals surface area contributed by atoms with Crippen LogP contribution in [-0.4, -0.2) is 4.98 Å². The first-order chi connectivity index (χ1) is 5.20. The van der Waals surface area contributed by atoms with Crippen molar-refractivity contribution in [3.63, 3.8) is 0 Å². The number of hydrogen-bond donors (Lipinski definition) is 1. The van der Waals surface area contributed by atoms with Crippen molar-refractivity contribution in [2.45, 2.75) is 20.8 Å². The molecule has 0 spiro atoms. The number of nitrogens with two attached hydrogens (primary N) is 1. The molecule has 0 saturated carbocycles. The maximum absolute atomic E-state index is 5.55. The minimum absolute atomic E-state index is 0.488. The first kappa shape index (κ1) is 10.2. The maximum atomic E-state index is 5.55. The Morgan fingerprint density at radius 3 is 2.36 bits per heavy atom. The van der Waals surface area contributed by atoms with E-state index in [4.69, 9.17) is 17.3 Å². The molecule has 0 aliphatic rings. The number of hydrogen-bond acceptors (Lipinski definition) is 2. The molecule has 0 atom stereocenters. The summed E-state index contributed by atoms with van der Waals surface area (Å²) in [7, 11) is 0. The normalized spacial score (nSPS) is 8.36. The Labute approximate surface area is 72.4 Å². The minimum atomic E-state index is 0.488. The monoisotopic (exact) mass is 172 g/mol. The highest BCUT2D eigenvalue weighted by Gasteiger charge is 1.92. The Balaban J connectivity index is 0.000000461. The lowest BCUT2D eigenvalue weighted by Crippen LogP contribution is -1.89. The van der Waals surface area contributed by atoms with Crippen LogP contribution in [0.15, 0.2) is 12.3 Å². The molecule has 3 heteroatoms. The summed E-state index contributed by atoms with van der Waals surface area (Å²) in [5.41, 5.74) is 7.12. The van der Waals surface area contributed by atoms with E-state index in [1.165, 1.54) is 0 Å². The zero-order chi connectivity index (χ0) is 8.85. The van der Waals surface area contributed by atoms with Gasteiger partial charge < -0.3 is 5.73 Å². The molecule has 0 aliphatic carbocycles. The van der Waals surface area contributed by atoms with Gasteiger partial charge >= 0.3 is 0 Å². The lowest BCUT2D eigenvalue weighted by molar-refractivity contribution is 1.29. The highest BCUT2D eigenvalue weighted by atomic mass is 35.5. The molecule has 0 bridgehead atoms. The van der Waals surface area contributed by atoms with E-state index in [-0.39, 0.29) is 0 Å². The molecule has 0 amide bonds. The predicted octanol–water partition coefficient (Wildman–Crippen LogP) is 2.65. The van der Waals surface area contributed by atoms with E-state index in [0.717, 1.165) is 5.56 Å². The standard InChI is InChI=1S/C6H7ClN2.C2H6/c1-4-2-6(7)9-3-5(4)8;1-2/h2-3H,8H2,1H3;1-2H3. The van der Waals surface area contributed by atoms with Crippen molar-refractivity contribution in [1.29, 1.82) is 0 Å². The van der Waals surface area contributed by atoms with Gasteiger partial charge in [0.2, 0.25) is 0 Å². The second kappa shape index (κ2) is 4.97. The Hall–Kier alpha value is -0.760. The van der Waals surface area contributed by atoms with E-state index < -0.39 is 0 Å². The highest BCUT2D eigenvalue weighted by molar-refractivity contribution is 6.29. The van der Waals surface area contributed by atoms with Gasteiger partial charge in [-0.2, -0.15) is 0 Å². The first-order valence-electron chi connectivity index (χ1n) is 3.58. The molecule has 1 aromatic rings. The molecule has 1 rings (SSSR count). The number of rotatable bonds is 0. The highest BCUT2D eigenvalue weighted by Crippen LogP contribution is 2.12. The van der Waals surface area contributed by atoms with Crippen molar-refractivity contribution in [2.75, 3.05) is 5.73 Å². The Morgan fingerprint density at radius 1 is 1.45 bits per heavy atom. The topological polar surface area (TPSA) is 38.9 Å². The zero-order valence-electron chi connectivity index (χ0n) is 7.06. The molecule has 0 radical (unpaired) electrons. The van der Waals surface area contributed by atoms with E-state index in [1.807, 2.05) is 20.8 Å². The number of anilines is 1. The van der Waals surface area contributed by atoms with Crippen molar-refractivity contribution in [3.8, 4) is 0 Å². The molecular weight excluding hydrogens is 160 g/mol. The van der Waals surface area contributed by atoms with E-state index in [0.29, 0.717) is 10.8 Å². The van der Waals surface area contributed by atoms with Crippen LogP contribution in [0, 0.1) is 6.92 Å². The second-order valence-corrected chi connectivity index (χ2v) is 2.25. The van der Waals surface area contributed by atoms with Crippen LogP contribution >= 0.6 is 11.6 Å². The summed E-state index contributed by atoms with van der Waals surface area (Å²) in [5.74, 6) is 0. The lowest BCUT2D eigenvalue weighted by Gasteiger charge is -1.96. The largest absolute Gasteiger partial charge is 0.397 e. The molecule has 62 valence electrons. The smallest absolute Gasteiger partial charge is 0.129 e. The number of pyridine rings is 1. The van der Waals surface area contributed by atoms with Crippen LogP contribution in [0.4, 0.5) is 5.69 Å². The first-order valence-corrected chi connectivity index (χ1v) is 3.95. The summed E-state index contributed by atoms with van der Waals surface area (Å²) >= 11 is 5.55. The molecule has 0 aromatic carbocycles. The Morgan fingerprint density at radius 2 is 2.00 bits per heavy atom. The summed E-state index contributed by atoms with van der Waals surface area (Å²) < 4.78 is 0. The quantitative estimate of drug-likeness (QED) is 0.612. The van der Waals surface area contributed by atoms with E-state index in [2.05, 4.69) is 4.98 Å². The molecule has 2 nitrogen and oxygen atoms in total. The summed E-state index contributed by atoms with van der Waals surface area (Å²) in [6.07, 6.45) is 1.55. The van der Waals surface area contributed by atoms with Crippen LogP contribution in [0.3, 0.4) is 0 Å². The number of nitrogens with zero attached hydrogens (tertiary/aromatic N) is 1. The third-order valence-corrected chi connectivity index (χ3v) is 1.32. The van der Waals surface area contributed by atoms with Gasteiger partial charge in [0.25, 0.3) is 0 Å². The minimum Gasteiger partial charge on any atom is -0.397 e. The molecular formula is C8H13ClN2. The molecule has 0 aliphatic heterocycles. The van der Waals surface area contributed by atoms with Gasteiger partial charge in [-0.1, -0.05) is 25.4 Å². The number of aromatic nitrogens is 1. The lowest BCUT2D eigenvalue weighted by atomic mass is 10.3. The average molecular weight is 173 g/mol. The molecule has 0 unspecified atom stereocenters. The fraction of sp³-hybridized carbons (Fsp3) is 0.375. The van der Waals surface area contributed by atoms with Crippen LogP contribution in [0.1, 0.15) is 19.4 Å². The summed E-state index contributed by atoms with van der Waals surface area (Å²) in [6.45, 7) is 5.89. The van der Waals surface area contributed by atoms with Crippen LogP contribution in [0.25, 0.3) is 0 Å². The Kier molecular flexibility index (Phi) is 4.62. The zero-order valence-corrected chi connectivity index (χ0v) is 7.81. The van der Waals surface area contributed by atoms with Crippen molar-refractivity contribution >= 4 is 17.3 Å². The number of nitrogen functional groups attached to an aromatic ring is 1. The van der Waals surface area contributed by atoms with Gasteiger partial charge in [0.15, 0.2) is 0 Å². The van der Waals surface area contributed by atoms with Crippen LogP contribution < -0.4 is 5.73 Å². The Bertz CT molecular complexity index is 223. The number of halogens is 1. The van der Waals surface area contributed by atoms with Gasteiger partial charge in [0.1, 0.15) is 5.15 Å². The molecule has 11 heavy (non-hydrogen) atoms. The second-order valence-electron chi connectivity index (χ2n) is 1.86. The maximum Gasteiger partial charge on any atom is 0.129 e. The van der Waals surface area contributed by atoms with Gasteiger partial charge in [-0.25, -0.2) is 4.98 Å². The van der Waals surface area contributed by atoms with Crippen LogP contribution in [-0.2, 0) is 0 Å². The third kappa shape index (κ3) is 3.23. The van der Waals surface area contributed by atoms with Gasteiger partial charge in [-0.3, -0.25) is 0 Å². The molecule has 2 N–H and O–H groups in total. The van der Waals surface area contributed by atoms with Gasteiger partial charge in [0.05, 0.1) is 11.9 Å². The fourth-order valence-corrected chi connectivity index (χ4v) is 0.745. The SMILES string of the molecule is CC.Cc1cc(Cl)ncc1N. The van der Waals surface area contributed by atoms with E-state index in [1.54, 1.807) is 12.3 Å². The van der Waals surface area contributed by atoms with Crippen molar-refractivity contribution in [3.05, 3.63) is 23.0 Å². The molecule has 1 heterocycles. The van der Waals surface area contributed by atoms with Gasteiger partial charge in [-0.05, 0) is 18.6 Å². The third-order valence-electron chi connectivity index (χ3n) is 1.12. The molecule has 0 saturated heterocycles. The van der Waals surface area contributed by atoms with Crippen LogP contribution in [0.2, 0.25) is 5.15 Å². The van der Waals surface area contributed by atoms with E-state index in [9.17, 15) is 0 Å². The van der Waals surface area contributed by atoms with Gasteiger partial charge in [-0.15, -0.1) is 0 Å².